The molecule has 1 N–H and O–H groups in total. The molecular weight excluding hydrogens is 228 g/mol. The smallest absolute Gasteiger partial charge is 0.118 e. The monoisotopic (exact) mass is 250 g/mol. The van der Waals surface area contributed by atoms with E-state index in [4.69, 9.17) is 9.47 Å². The fraction of sp³-hybridized carbons (Fsp3) is 0.600. The standard InChI is InChI=1S/C15H22O3/c1-11-14(9-10-18-11)15(16)8-5-12-3-6-13(17-2)7-4-12/h3-4,6-7,11,14-16H,5,8-10H2,1-2H3. The van der Waals surface area contributed by atoms with Crippen molar-refractivity contribution < 1.29 is 14.6 Å². The third-order valence-corrected chi connectivity index (χ3v) is 3.82. The Morgan fingerprint density at radius 2 is 2.11 bits per heavy atom. The van der Waals surface area contributed by atoms with Crippen molar-refractivity contribution in [2.75, 3.05) is 13.7 Å². The van der Waals surface area contributed by atoms with Crippen molar-refractivity contribution in [1.29, 1.82) is 0 Å². The third-order valence-electron chi connectivity index (χ3n) is 3.82. The molecule has 0 aromatic heterocycles. The van der Waals surface area contributed by atoms with Gasteiger partial charge in [-0.05, 0) is 43.9 Å². The Balaban J connectivity index is 1.83. The zero-order valence-electron chi connectivity index (χ0n) is 11.1. The average molecular weight is 250 g/mol. The number of ether oxygens (including phenoxy) is 2. The van der Waals surface area contributed by atoms with Crippen LogP contribution in [0.25, 0.3) is 0 Å². The molecule has 0 spiro atoms. The normalized spacial score (nSPS) is 25.1. The van der Waals surface area contributed by atoms with Gasteiger partial charge in [-0.25, -0.2) is 0 Å². The predicted octanol–water partition coefficient (Wildman–Crippen LogP) is 2.41. The van der Waals surface area contributed by atoms with Gasteiger partial charge >= 0.3 is 0 Å². The zero-order chi connectivity index (χ0) is 13.0. The number of aliphatic hydroxyl groups excluding tert-OH is 1. The average Bonchev–Trinajstić information content (AvgIpc) is 2.83. The van der Waals surface area contributed by atoms with Crippen LogP contribution in [0.1, 0.15) is 25.3 Å². The van der Waals surface area contributed by atoms with Crippen LogP contribution in [0.15, 0.2) is 24.3 Å². The van der Waals surface area contributed by atoms with Crippen molar-refractivity contribution in [3.63, 3.8) is 0 Å². The number of methoxy groups -OCH3 is 1. The number of aryl methyl sites for hydroxylation is 1. The van der Waals surface area contributed by atoms with Crippen molar-refractivity contribution in [2.24, 2.45) is 5.92 Å². The Labute approximate surface area is 109 Å². The third kappa shape index (κ3) is 3.24. The summed E-state index contributed by atoms with van der Waals surface area (Å²) < 4.78 is 10.6. The van der Waals surface area contributed by atoms with Crippen molar-refractivity contribution in [3.05, 3.63) is 29.8 Å². The Morgan fingerprint density at radius 1 is 1.39 bits per heavy atom. The van der Waals surface area contributed by atoms with Crippen LogP contribution >= 0.6 is 0 Å². The summed E-state index contributed by atoms with van der Waals surface area (Å²) in [6, 6.07) is 8.03. The lowest BCUT2D eigenvalue weighted by Crippen LogP contribution is -2.26. The molecule has 0 aliphatic carbocycles. The van der Waals surface area contributed by atoms with Crippen LogP contribution in [0.5, 0.6) is 5.75 Å². The molecule has 0 saturated carbocycles. The van der Waals surface area contributed by atoms with Gasteiger partial charge in [0.2, 0.25) is 0 Å². The molecule has 1 aromatic rings. The van der Waals surface area contributed by atoms with Crippen LogP contribution in [0, 0.1) is 5.92 Å². The quantitative estimate of drug-likeness (QED) is 0.872. The molecule has 1 aromatic carbocycles. The number of aliphatic hydroxyl groups is 1. The highest BCUT2D eigenvalue weighted by Gasteiger charge is 2.30. The largest absolute Gasteiger partial charge is 0.497 e. The number of benzene rings is 1. The number of hydrogen-bond acceptors (Lipinski definition) is 3. The molecule has 2 rings (SSSR count). The summed E-state index contributed by atoms with van der Waals surface area (Å²) in [4.78, 5) is 0. The Hall–Kier alpha value is -1.06. The molecule has 1 aliphatic heterocycles. The first-order valence-corrected chi connectivity index (χ1v) is 6.63. The lowest BCUT2D eigenvalue weighted by Gasteiger charge is -2.20. The van der Waals surface area contributed by atoms with Crippen molar-refractivity contribution >= 4 is 0 Å². The van der Waals surface area contributed by atoms with Gasteiger partial charge in [-0.3, -0.25) is 0 Å². The van der Waals surface area contributed by atoms with E-state index < -0.39 is 0 Å². The van der Waals surface area contributed by atoms with Crippen molar-refractivity contribution in [2.45, 2.75) is 38.4 Å². The number of rotatable bonds is 5. The molecule has 3 nitrogen and oxygen atoms in total. The first-order chi connectivity index (χ1) is 8.70. The van der Waals surface area contributed by atoms with Crippen LogP contribution in [0.4, 0.5) is 0 Å². The molecular formula is C15H22O3. The van der Waals surface area contributed by atoms with E-state index in [9.17, 15) is 5.11 Å². The second-order valence-corrected chi connectivity index (χ2v) is 4.98. The fourth-order valence-corrected chi connectivity index (χ4v) is 2.57. The molecule has 0 radical (unpaired) electrons. The van der Waals surface area contributed by atoms with E-state index >= 15 is 0 Å². The van der Waals surface area contributed by atoms with E-state index in [1.807, 2.05) is 19.1 Å². The minimum atomic E-state index is -0.260. The molecule has 100 valence electrons. The lowest BCUT2D eigenvalue weighted by atomic mass is 9.91. The second-order valence-electron chi connectivity index (χ2n) is 4.98. The highest BCUT2D eigenvalue weighted by atomic mass is 16.5. The summed E-state index contributed by atoms with van der Waals surface area (Å²) in [7, 11) is 1.67. The summed E-state index contributed by atoms with van der Waals surface area (Å²) in [5.74, 6) is 1.17. The van der Waals surface area contributed by atoms with E-state index in [-0.39, 0.29) is 12.2 Å². The van der Waals surface area contributed by atoms with Gasteiger partial charge in [-0.15, -0.1) is 0 Å². The van der Waals surface area contributed by atoms with Gasteiger partial charge in [0.15, 0.2) is 0 Å². The van der Waals surface area contributed by atoms with Crippen LogP contribution in [0.2, 0.25) is 0 Å². The number of hydrogen-bond donors (Lipinski definition) is 1. The fourth-order valence-electron chi connectivity index (χ4n) is 2.57. The van der Waals surface area contributed by atoms with Crippen molar-refractivity contribution in [1.82, 2.24) is 0 Å². The molecule has 18 heavy (non-hydrogen) atoms. The Kier molecular flexibility index (Phi) is 4.61. The molecule has 1 saturated heterocycles. The van der Waals surface area contributed by atoms with E-state index in [1.54, 1.807) is 7.11 Å². The molecule has 0 amide bonds. The molecule has 0 bridgehead atoms. The van der Waals surface area contributed by atoms with E-state index in [1.165, 1.54) is 5.56 Å². The Morgan fingerprint density at radius 3 is 2.67 bits per heavy atom. The van der Waals surface area contributed by atoms with Gasteiger partial charge in [0, 0.05) is 12.5 Å². The van der Waals surface area contributed by atoms with E-state index in [0.29, 0.717) is 5.92 Å². The van der Waals surface area contributed by atoms with E-state index in [0.717, 1.165) is 31.6 Å². The predicted molar refractivity (Wildman–Crippen MR) is 70.8 cm³/mol. The van der Waals surface area contributed by atoms with Crippen LogP contribution in [-0.4, -0.2) is 31.0 Å². The van der Waals surface area contributed by atoms with Gasteiger partial charge in [0.25, 0.3) is 0 Å². The van der Waals surface area contributed by atoms with Crippen molar-refractivity contribution in [3.8, 4) is 5.75 Å². The lowest BCUT2D eigenvalue weighted by molar-refractivity contribution is 0.0398. The maximum Gasteiger partial charge on any atom is 0.118 e. The van der Waals surface area contributed by atoms with Gasteiger partial charge in [0.1, 0.15) is 5.75 Å². The minimum absolute atomic E-state index is 0.191. The Bertz CT molecular complexity index is 361. The zero-order valence-corrected chi connectivity index (χ0v) is 11.1. The van der Waals surface area contributed by atoms with Gasteiger partial charge in [-0.2, -0.15) is 0 Å². The van der Waals surface area contributed by atoms with E-state index in [2.05, 4.69) is 12.1 Å². The minimum Gasteiger partial charge on any atom is -0.497 e. The van der Waals surface area contributed by atoms with Crippen LogP contribution in [0.3, 0.4) is 0 Å². The second kappa shape index (κ2) is 6.21. The van der Waals surface area contributed by atoms with Gasteiger partial charge in [0.05, 0.1) is 19.3 Å². The maximum atomic E-state index is 10.2. The van der Waals surface area contributed by atoms with Gasteiger partial charge < -0.3 is 14.6 Å². The summed E-state index contributed by atoms with van der Waals surface area (Å²) in [6.45, 7) is 2.83. The van der Waals surface area contributed by atoms with Crippen LogP contribution < -0.4 is 4.74 Å². The molecule has 3 atom stereocenters. The molecule has 3 unspecified atom stereocenters. The molecule has 3 heteroatoms. The molecule has 1 fully saturated rings. The van der Waals surface area contributed by atoms with Gasteiger partial charge in [-0.1, -0.05) is 12.1 Å². The van der Waals surface area contributed by atoms with Crippen LogP contribution in [-0.2, 0) is 11.2 Å². The highest BCUT2D eigenvalue weighted by molar-refractivity contribution is 5.27. The summed E-state index contributed by atoms with van der Waals surface area (Å²) >= 11 is 0. The highest BCUT2D eigenvalue weighted by Crippen LogP contribution is 2.26. The summed E-state index contributed by atoms with van der Waals surface area (Å²) in [5, 5.41) is 10.2. The summed E-state index contributed by atoms with van der Waals surface area (Å²) in [6.07, 6.45) is 2.60. The summed E-state index contributed by atoms with van der Waals surface area (Å²) in [5.41, 5.74) is 1.24. The topological polar surface area (TPSA) is 38.7 Å². The first kappa shape index (κ1) is 13.4. The molecule has 1 heterocycles. The maximum absolute atomic E-state index is 10.2. The first-order valence-electron chi connectivity index (χ1n) is 6.63. The molecule has 1 aliphatic rings. The SMILES string of the molecule is COc1ccc(CCC(O)C2CCOC2C)cc1.